The Balaban J connectivity index is 1.75. The van der Waals surface area contributed by atoms with E-state index < -0.39 is 5.41 Å². The molecule has 168 valence electrons. The van der Waals surface area contributed by atoms with Crippen LogP contribution in [0.5, 0.6) is 0 Å². The second-order valence-electron chi connectivity index (χ2n) is 8.93. The number of benzene rings is 1. The molecule has 0 bridgehead atoms. The van der Waals surface area contributed by atoms with Crippen molar-refractivity contribution in [3.8, 4) is 0 Å². The summed E-state index contributed by atoms with van der Waals surface area (Å²) in [7, 11) is 0. The predicted molar refractivity (Wildman–Crippen MR) is 124 cm³/mol. The SMILES string of the molecule is Cc1cc(NC(=O)C(C)(C)C)sc1C(=O)NCC(c1c(F)cccc1Cl)N1CCCC1. The van der Waals surface area contributed by atoms with Gasteiger partial charge in [-0.05, 0) is 56.6 Å². The van der Waals surface area contributed by atoms with Crippen molar-refractivity contribution in [2.24, 2.45) is 5.41 Å². The summed E-state index contributed by atoms with van der Waals surface area (Å²) < 4.78 is 14.6. The third kappa shape index (κ3) is 5.64. The van der Waals surface area contributed by atoms with Crippen molar-refractivity contribution in [3.05, 3.63) is 51.1 Å². The van der Waals surface area contributed by atoms with Crippen molar-refractivity contribution in [3.63, 3.8) is 0 Å². The van der Waals surface area contributed by atoms with Gasteiger partial charge < -0.3 is 10.6 Å². The number of hydrogen-bond acceptors (Lipinski definition) is 4. The van der Waals surface area contributed by atoms with E-state index in [9.17, 15) is 14.0 Å². The first-order valence-electron chi connectivity index (χ1n) is 10.5. The van der Waals surface area contributed by atoms with E-state index in [2.05, 4.69) is 15.5 Å². The number of anilines is 1. The molecule has 1 unspecified atom stereocenters. The van der Waals surface area contributed by atoms with Crippen molar-refractivity contribution in [1.82, 2.24) is 10.2 Å². The van der Waals surface area contributed by atoms with Gasteiger partial charge in [0.15, 0.2) is 0 Å². The Labute approximate surface area is 192 Å². The van der Waals surface area contributed by atoms with Crippen LogP contribution in [0.15, 0.2) is 24.3 Å². The summed E-state index contributed by atoms with van der Waals surface area (Å²) in [6.07, 6.45) is 2.08. The molecule has 3 rings (SSSR count). The first kappa shape index (κ1) is 23.7. The molecule has 0 aliphatic carbocycles. The van der Waals surface area contributed by atoms with Crippen LogP contribution in [0.3, 0.4) is 0 Å². The fourth-order valence-corrected chi connectivity index (χ4v) is 4.91. The summed E-state index contributed by atoms with van der Waals surface area (Å²) in [4.78, 5) is 27.9. The number of nitrogens with zero attached hydrogens (tertiary/aromatic N) is 1. The van der Waals surface area contributed by atoms with Gasteiger partial charge in [0.25, 0.3) is 5.91 Å². The maximum absolute atomic E-state index is 14.6. The van der Waals surface area contributed by atoms with Crippen LogP contribution < -0.4 is 10.6 Å². The topological polar surface area (TPSA) is 61.4 Å². The van der Waals surface area contributed by atoms with Crippen LogP contribution >= 0.6 is 22.9 Å². The number of carbonyl (C=O) groups is 2. The van der Waals surface area contributed by atoms with Gasteiger partial charge in [0.2, 0.25) is 5.91 Å². The number of halogens is 2. The van der Waals surface area contributed by atoms with E-state index in [4.69, 9.17) is 11.6 Å². The summed E-state index contributed by atoms with van der Waals surface area (Å²) in [6.45, 7) is 9.27. The summed E-state index contributed by atoms with van der Waals surface area (Å²) in [5, 5.41) is 6.83. The minimum Gasteiger partial charge on any atom is -0.349 e. The molecule has 5 nitrogen and oxygen atoms in total. The molecule has 31 heavy (non-hydrogen) atoms. The summed E-state index contributed by atoms with van der Waals surface area (Å²) in [5.41, 5.74) is 0.684. The number of aryl methyl sites for hydroxylation is 1. The van der Waals surface area contributed by atoms with E-state index in [1.165, 1.54) is 17.4 Å². The molecule has 1 fully saturated rings. The van der Waals surface area contributed by atoms with Crippen molar-refractivity contribution < 1.29 is 14.0 Å². The first-order chi connectivity index (χ1) is 14.6. The number of hydrogen-bond donors (Lipinski definition) is 2. The fourth-order valence-electron chi connectivity index (χ4n) is 3.63. The lowest BCUT2D eigenvalue weighted by Crippen LogP contribution is -2.37. The van der Waals surface area contributed by atoms with Crippen molar-refractivity contribution in [2.45, 2.75) is 46.6 Å². The lowest BCUT2D eigenvalue weighted by Gasteiger charge is -2.29. The normalized spacial score (nSPS) is 15.7. The Kier molecular flexibility index (Phi) is 7.39. The van der Waals surface area contributed by atoms with Gasteiger partial charge in [-0.1, -0.05) is 38.4 Å². The quantitative estimate of drug-likeness (QED) is 0.600. The minimum atomic E-state index is -0.526. The average molecular weight is 466 g/mol. The Morgan fingerprint density at radius 1 is 1.26 bits per heavy atom. The smallest absolute Gasteiger partial charge is 0.261 e. The Hall–Kier alpha value is -1.96. The molecule has 0 saturated carbocycles. The maximum Gasteiger partial charge on any atom is 0.261 e. The van der Waals surface area contributed by atoms with Gasteiger partial charge in [0.1, 0.15) is 5.82 Å². The molecule has 1 saturated heterocycles. The molecule has 2 aromatic rings. The Bertz CT molecular complexity index is 944. The third-order valence-electron chi connectivity index (χ3n) is 5.41. The van der Waals surface area contributed by atoms with E-state index >= 15 is 0 Å². The Morgan fingerprint density at radius 3 is 2.55 bits per heavy atom. The van der Waals surface area contributed by atoms with E-state index in [1.54, 1.807) is 18.2 Å². The van der Waals surface area contributed by atoms with E-state index in [1.807, 2.05) is 27.7 Å². The zero-order chi connectivity index (χ0) is 22.8. The highest BCUT2D eigenvalue weighted by Gasteiger charge is 2.29. The maximum atomic E-state index is 14.6. The molecule has 1 aliphatic rings. The molecular weight excluding hydrogens is 437 g/mol. The van der Waals surface area contributed by atoms with Crippen molar-refractivity contribution in [1.29, 1.82) is 0 Å². The fraction of sp³-hybridized carbons (Fsp3) is 0.478. The van der Waals surface area contributed by atoms with E-state index in [-0.39, 0.29) is 30.2 Å². The number of nitrogens with one attached hydrogen (secondary N) is 2. The summed E-state index contributed by atoms with van der Waals surface area (Å²) in [5.74, 6) is -0.711. The molecule has 2 N–H and O–H groups in total. The van der Waals surface area contributed by atoms with E-state index in [0.717, 1.165) is 31.5 Å². The molecule has 0 spiro atoms. The number of amides is 2. The van der Waals surface area contributed by atoms with Crippen LogP contribution in [-0.4, -0.2) is 36.3 Å². The van der Waals surface area contributed by atoms with Crippen LogP contribution in [0, 0.1) is 18.2 Å². The number of carbonyl (C=O) groups excluding carboxylic acids is 2. The van der Waals surface area contributed by atoms with Crippen LogP contribution in [-0.2, 0) is 4.79 Å². The molecular formula is C23H29ClFN3O2S. The zero-order valence-electron chi connectivity index (χ0n) is 18.4. The lowest BCUT2D eigenvalue weighted by molar-refractivity contribution is -0.123. The summed E-state index contributed by atoms with van der Waals surface area (Å²) >= 11 is 7.57. The molecule has 2 amide bonds. The molecule has 1 aliphatic heterocycles. The largest absolute Gasteiger partial charge is 0.349 e. The minimum absolute atomic E-state index is 0.107. The van der Waals surface area contributed by atoms with Crippen molar-refractivity contribution >= 4 is 39.8 Å². The molecule has 0 radical (unpaired) electrons. The van der Waals surface area contributed by atoms with Gasteiger partial charge in [-0.25, -0.2) is 4.39 Å². The highest BCUT2D eigenvalue weighted by Crippen LogP contribution is 2.33. The van der Waals surface area contributed by atoms with Crippen molar-refractivity contribution in [2.75, 3.05) is 25.0 Å². The number of thiophene rings is 1. The van der Waals surface area contributed by atoms with E-state index in [0.29, 0.717) is 20.5 Å². The summed E-state index contributed by atoms with van der Waals surface area (Å²) in [6, 6.07) is 6.14. The lowest BCUT2D eigenvalue weighted by atomic mass is 9.96. The highest BCUT2D eigenvalue weighted by molar-refractivity contribution is 7.18. The number of likely N-dealkylation sites (tertiary alicyclic amines) is 1. The van der Waals surface area contributed by atoms with Gasteiger partial charge in [-0.15, -0.1) is 11.3 Å². The second kappa shape index (κ2) is 9.67. The second-order valence-corrected chi connectivity index (χ2v) is 10.4. The van der Waals surface area contributed by atoms with Gasteiger partial charge in [0.05, 0.1) is 15.9 Å². The van der Waals surface area contributed by atoms with Gasteiger partial charge in [-0.3, -0.25) is 14.5 Å². The number of rotatable bonds is 6. The van der Waals surface area contributed by atoms with Crippen LogP contribution in [0.25, 0.3) is 0 Å². The average Bonchev–Trinajstić information content (AvgIpc) is 3.33. The zero-order valence-corrected chi connectivity index (χ0v) is 19.9. The molecule has 1 aromatic heterocycles. The highest BCUT2D eigenvalue weighted by atomic mass is 35.5. The molecule has 2 heterocycles. The first-order valence-corrected chi connectivity index (χ1v) is 11.7. The van der Waals surface area contributed by atoms with Gasteiger partial charge in [0, 0.05) is 22.5 Å². The van der Waals surface area contributed by atoms with Gasteiger partial charge in [-0.2, -0.15) is 0 Å². The molecule has 1 atom stereocenters. The standard InChI is InChI=1S/C23H29ClFN3O2S/c1-14-12-18(27-22(30)23(2,3)4)31-20(14)21(29)26-13-17(28-10-5-6-11-28)19-15(24)8-7-9-16(19)25/h7-9,12,17H,5-6,10-11,13H2,1-4H3,(H,26,29)(H,27,30). The van der Waals surface area contributed by atoms with Crippen LogP contribution in [0.4, 0.5) is 9.39 Å². The third-order valence-corrected chi connectivity index (χ3v) is 6.89. The Morgan fingerprint density at radius 2 is 1.94 bits per heavy atom. The monoisotopic (exact) mass is 465 g/mol. The van der Waals surface area contributed by atoms with Crippen LogP contribution in [0.2, 0.25) is 5.02 Å². The molecule has 8 heteroatoms. The van der Waals surface area contributed by atoms with Gasteiger partial charge >= 0.3 is 0 Å². The predicted octanol–water partition coefficient (Wildman–Crippen LogP) is 5.40. The molecule has 1 aromatic carbocycles. The van der Waals surface area contributed by atoms with Crippen LogP contribution in [0.1, 0.15) is 60.5 Å².